The lowest BCUT2D eigenvalue weighted by Gasteiger charge is -2.30. The summed E-state index contributed by atoms with van der Waals surface area (Å²) < 4.78 is 6.23. The second kappa shape index (κ2) is 6.38. The quantitative estimate of drug-likeness (QED) is 0.882. The molecule has 2 atom stereocenters. The van der Waals surface area contributed by atoms with Crippen LogP contribution < -0.4 is 5.32 Å². The van der Waals surface area contributed by atoms with E-state index >= 15 is 0 Å². The topological polar surface area (TPSA) is 21.3 Å². The van der Waals surface area contributed by atoms with Crippen LogP contribution in [0.5, 0.6) is 0 Å². The lowest BCUT2D eigenvalue weighted by atomic mass is 9.92. The van der Waals surface area contributed by atoms with Crippen LogP contribution in [0.4, 0.5) is 0 Å². The van der Waals surface area contributed by atoms with Gasteiger partial charge in [0.2, 0.25) is 0 Å². The third-order valence-corrected chi connectivity index (χ3v) is 4.99. The van der Waals surface area contributed by atoms with E-state index in [0.29, 0.717) is 18.0 Å². The van der Waals surface area contributed by atoms with Crippen LogP contribution in [-0.2, 0) is 11.2 Å². The molecule has 4 heteroatoms. The van der Waals surface area contributed by atoms with Crippen LogP contribution in [0.25, 0.3) is 0 Å². The fraction of sp³-hybridized carbons (Fsp3) is 0.714. The van der Waals surface area contributed by atoms with Gasteiger partial charge in [0.1, 0.15) is 0 Å². The van der Waals surface area contributed by atoms with E-state index in [0.717, 1.165) is 10.9 Å². The van der Waals surface area contributed by atoms with Crippen molar-refractivity contribution in [1.29, 1.82) is 0 Å². The molecule has 0 fully saturated rings. The molecule has 1 aliphatic carbocycles. The molecule has 18 heavy (non-hydrogen) atoms. The summed E-state index contributed by atoms with van der Waals surface area (Å²) in [5.74, 6) is 0.574. The van der Waals surface area contributed by atoms with Gasteiger partial charge in [-0.05, 0) is 36.8 Å². The normalized spacial score (nSPS) is 21.1. The van der Waals surface area contributed by atoms with Gasteiger partial charge in [-0.3, -0.25) is 0 Å². The highest BCUT2D eigenvalue weighted by Crippen LogP contribution is 2.38. The van der Waals surface area contributed by atoms with Crippen LogP contribution in [0.1, 0.15) is 43.2 Å². The largest absolute Gasteiger partial charge is 0.383 e. The molecule has 0 aromatic carbocycles. The molecule has 102 valence electrons. The van der Waals surface area contributed by atoms with Crippen molar-refractivity contribution < 1.29 is 4.74 Å². The van der Waals surface area contributed by atoms with Gasteiger partial charge in [0.05, 0.1) is 10.9 Å². The van der Waals surface area contributed by atoms with E-state index in [1.807, 2.05) is 0 Å². The maximum Gasteiger partial charge on any atom is 0.0934 e. The highest BCUT2D eigenvalue weighted by Gasteiger charge is 2.25. The highest BCUT2D eigenvalue weighted by molar-refractivity contribution is 7.16. The molecule has 0 amide bonds. The first-order valence-electron chi connectivity index (χ1n) is 6.65. The van der Waals surface area contributed by atoms with Gasteiger partial charge in [0.15, 0.2) is 0 Å². The van der Waals surface area contributed by atoms with Gasteiger partial charge in [-0.25, -0.2) is 0 Å². The zero-order chi connectivity index (χ0) is 13.1. The molecule has 1 heterocycles. The fourth-order valence-corrected chi connectivity index (χ4v) is 3.95. The minimum atomic E-state index is 0.407. The molecule has 1 aromatic rings. The molecule has 2 rings (SSSR count). The van der Waals surface area contributed by atoms with Crippen molar-refractivity contribution in [1.82, 2.24) is 5.32 Å². The van der Waals surface area contributed by atoms with E-state index in [-0.39, 0.29) is 0 Å². The van der Waals surface area contributed by atoms with Crippen molar-refractivity contribution in [2.75, 3.05) is 13.7 Å². The second-order valence-electron chi connectivity index (χ2n) is 5.35. The van der Waals surface area contributed by atoms with Crippen LogP contribution >= 0.6 is 22.9 Å². The lowest BCUT2D eigenvalue weighted by molar-refractivity contribution is 0.138. The molecule has 0 bridgehead atoms. The number of nitrogens with one attached hydrogen (secondary N) is 1. The molecule has 0 radical (unpaired) electrons. The van der Waals surface area contributed by atoms with Crippen molar-refractivity contribution >= 4 is 22.9 Å². The Kier molecular flexibility index (Phi) is 5.07. The summed E-state index contributed by atoms with van der Waals surface area (Å²) in [6.07, 6.45) is 3.63. The molecule has 0 spiro atoms. The Morgan fingerprint density at radius 3 is 3.00 bits per heavy atom. The summed E-state index contributed by atoms with van der Waals surface area (Å²) in [5, 5.41) is 3.75. The average molecular weight is 288 g/mol. The molecule has 2 unspecified atom stereocenters. The smallest absolute Gasteiger partial charge is 0.0934 e. The number of hydrogen-bond acceptors (Lipinski definition) is 3. The monoisotopic (exact) mass is 287 g/mol. The predicted octanol–water partition coefficient (Wildman–Crippen LogP) is 4.04. The van der Waals surface area contributed by atoms with Crippen molar-refractivity contribution in [3.63, 3.8) is 0 Å². The number of ether oxygens (including phenoxy) is 1. The first-order valence-corrected chi connectivity index (χ1v) is 7.84. The summed E-state index contributed by atoms with van der Waals surface area (Å²) in [7, 11) is 1.77. The van der Waals surface area contributed by atoms with E-state index in [1.54, 1.807) is 18.4 Å². The van der Waals surface area contributed by atoms with Crippen LogP contribution in [0, 0.1) is 5.92 Å². The predicted molar refractivity (Wildman–Crippen MR) is 78.6 cm³/mol. The van der Waals surface area contributed by atoms with Crippen LogP contribution in [0.3, 0.4) is 0 Å². The standard InChI is InChI=1S/C14H22ClNOS/c1-9(2)12(8-17-3)16-11-5-4-6-13-10(11)7-14(15)18-13/h7,9,11-12,16H,4-6,8H2,1-3H3. The number of rotatable bonds is 5. The van der Waals surface area contributed by atoms with Crippen LogP contribution in [0.2, 0.25) is 4.34 Å². The van der Waals surface area contributed by atoms with Crippen LogP contribution in [-0.4, -0.2) is 19.8 Å². The number of methoxy groups -OCH3 is 1. The highest BCUT2D eigenvalue weighted by atomic mass is 35.5. The number of halogens is 1. The zero-order valence-electron chi connectivity index (χ0n) is 11.3. The molecule has 0 saturated heterocycles. The van der Waals surface area contributed by atoms with Gasteiger partial charge in [-0.15, -0.1) is 11.3 Å². The summed E-state index contributed by atoms with van der Waals surface area (Å²) >= 11 is 7.88. The Bertz CT molecular complexity index is 391. The summed E-state index contributed by atoms with van der Waals surface area (Å²) in [5.41, 5.74) is 1.41. The number of aryl methyl sites for hydroxylation is 1. The molecule has 2 nitrogen and oxygen atoms in total. The van der Waals surface area contributed by atoms with Gasteiger partial charge >= 0.3 is 0 Å². The molecule has 0 aliphatic heterocycles. The third-order valence-electron chi connectivity index (χ3n) is 3.65. The van der Waals surface area contributed by atoms with Gasteiger partial charge < -0.3 is 10.1 Å². The summed E-state index contributed by atoms with van der Waals surface area (Å²) in [4.78, 5) is 1.46. The van der Waals surface area contributed by atoms with Crippen molar-refractivity contribution in [3.05, 3.63) is 20.8 Å². The number of fused-ring (bicyclic) bond motifs is 1. The van der Waals surface area contributed by atoms with Crippen molar-refractivity contribution in [2.45, 2.75) is 45.2 Å². The Hall–Kier alpha value is -0.0900. The maximum absolute atomic E-state index is 6.14. The molecular weight excluding hydrogens is 266 g/mol. The Morgan fingerprint density at radius 2 is 2.33 bits per heavy atom. The minimum Gasteiger partial charge on any atom is -0.383 e. The van der Waals surface area contributed by atoms with Gasteiger partial charge in [-0.2, -0.15) is 0 Å². The summed E-state index contributed by atoms with van der Waals surface area (Å²) in [6, 6.07) is 2.99. The Balaban J connectivity index is 2.09. The van der Waals surface area contributed by atoms with E-state index in [2.05, 4.69) is 25.2 Å². The summed E-state index contributed by atoms with van der Waals surface area (Å²) in [6.45, 7) is 5.24. The first kappa shape index (κ1) is 14.3. The lowest BCUT2D eigenvalue weighted by Crippen LogP contribution is -2.40. The third kappa shape index (κ3) is 3.27. The van der Waals surface area contributed by atoms with Gasteiger partial charge in [-0.1, -0.05) is 25.4 Å². The van der Waals surface area contributed by atoms with E-state index < -0.39 is 0 Å². The van der Waals surface area contributed by atoms with Gasteiger partial charge in [0.25, 0.3) is 0 Å². The van der Waals surface area contributed by atoms with Crippen LogP contribution in [0.15, 0.2) is 6.07 Å². The van der Waals surface area contributed by atoms with Crippen molar-refractivity contribution in [2.24, 2.45) is 5.92 Å². The van der Waals surface area contributed by atoms with Crippen molar-refractivity contribution in [3.8, 4) is 0 Å². The molecule has 1 N–H and O–H groups in total. The SMILES string of the molecule is COCC(NC1CCCc2sc(Cl)cc21)C(C)C. The van der Waals surface area contributed by atoms with E-state index in [1.165, 1.54) is 29.7 Å². The Morgan fingerprint density at radius 1 is 1.56 bits per heavy atom. The zero-order valence-corrected chi connectivity index (χ0v) is 12.9. The molecular formula is C14H22ClNOS. The molecule has 1 aromatic heterocycles. The first-order chi connectivity index (χ1) is 8.61. The second-order valence-corrected chi connectivity index (χ2v) is 7.11. The van der Waals surface area contributed by atoms with E-state index in [4.69, 9.17) is 16.3 Å². The number of thiophene rings is 1. The maximum atomic E-state index is 6.14. The average Bonchev–Trinajstić information content (AvgIpc) is 2.69. The van der Waals surface area contributed by atoms with E-state index in [9.17, 15) is 0 Å². The minimum absolute atomic E-state index is 0.407. The fourth-order valence-electron chi connectivity index (χ4n) is 2.57. The molecule has 1 aliphatic rings. The van der Waals surface area contributed by atoms with Gasteiger partial charge in [0, 0.05) is 24.1 Å². The Labute approximate surface area is 119 Å². The number of hydrogen-bond donors (Lipinski definition) is 1. The molecule has 0 saturated carbocycles.